The summed E-state index contributed by atoms with van der Waals surface area (Å²) in [6.45, 7) is -0.536. The largest absolute Gasteiger partial charge is 0.493 e. The number of rotatable bonds is 6. The van der Waals surface area contributed by atoms with Crippen molar-refractivity contribution in [3.05, 3.63) is 23.8 Å². The van der Waals surface area contributed by atoms with Crippen molar-refractivity contribution in [3.63, 3.8) is 0 Å². The number of carbonyl (C=O) groups is 1. The van der Waals surface area contributed by atoms with Gasteiger partial charge in [0.2, 0.25) is 0 Å². The van der Waals surface area contributed by atoms with Crippen LogP contribution in [-0.4, -0.2) is 49.6 Å². The second-order valence-corrected chi connectivity index (χ2v) is 3.56. The average molecular weight is 255 g/mol. The fourth-order valence-electron chi connectivity index (χ4n) is 1.37. The normalized spacial score (nSPS) is 11.8. The molecule has 1 aromatic rings. The number of aliphatic hydroxyl groups is 2. The van der Waals surface area contributed by atoms with Crippen molar-refractivity contribution >= 4 is 5.91 Å². The first-order valence-corrected chi connectivity index (χ1v) is 5.44. The summed E-state index contributed by atoms with van der Waals surface area (Å²) in [7, 11) is 2.96. The molecule has 1 rings (SSSR count). The van der Waals surface area contributed by atoms with E-state index in [9.17, 15) is 9.90 Å². The van der Waals surface area contributed by atoms with E-state index in [4.69, 9.17) is 14.6 Å². The van der Waals surface area contributed by atoms with Gasteiger partial charge in [0.25, 0.3) is 5.91 Å². The standard InChI is InChI=1S/C12H17NO5/c1-13-12(16)9-4-3-5-10(17-2)11(9)18-7-8(15)6-14/h3-5,8,14-15H,6-7H2,1-2H3,(H,13,16). The molecule has 1 amide bonds. The van der Waals surface area contributed by atoms with Crippen LogP contribution in [0.15, 0.2) is 18.2 Å². The molecule has 1 unspecified atom stereocenters. The van der Waals surface area contributed by atoms with Gasteiger partial charge in [0.1, 0.15) is 12.7 Å². The molecule has 18 heavy (non-hydrogen) atoms. The van der Waals surface area contributed by atoms with Crippen LogP contribution in [0.4, 0.5) is 0 Å². The summed E-state index contributed by atoms with van der Waals surface area (Å²) in [6, 6.07) is 4.90. The molecule has 100 valence electrons. The van der Waals surface area contributed by atoms with Gasteiger partial charge >= 0.3 is 0 Å². The van der Waals surface area contributed by atoms with Crippen LogP contribution in [0.3, 0.4) is 0 Å². The summed E-state index contributed by atoms with van der Waals surface area (Å²) in [5.74, 6) is 0.315. The Morgan fingerprint density at radius 2 is 2.22 bits per heavy atom. The zero-order chi connectivity index (χ0) is 13.5. The van der Waals surface area contributed by atoms with Crippen LogP contribution in [0.1, 0.15) is 10.4 Å². The zero-order valence-corrected chi connectivity index (χ0v) is 10.3. The van der Waals surface area contributed by atoms with E-state index in [0.717, 1.165) is 0 Å². The minimum absolute atomic E-state index is 0.124. The molecule has 0 fully saturated rings. The SMILES string of the molecule is CNC(=O)c1cccc(OC)c1OCC(O)CO. The number of nitrogens with one attached hydrogen (secondary N) is 1. The quantitative estimate of drug-likeness (QED) is 0.654. The Morgan fingerprint density at radius 1 is 1.50 bits per heavy atom. The van der Waals surface area contributed by atoms with Crippen molar-refractivity contribution in [1.29, 1.82) is 0 Å². The number of para-hydroxylation sites is 1. The molecule has 1 aromatic carbocycles. The number of benzene rings is 1. The predicted molar refractivity (Wildman–Crippen MR) is 65.0 cm³/mol. The summed E-state index contributed by atoms with van der Waals surface area (Å²) in [4.78, 5) is 11.7. The Balaban J connectivity index is 3.00. The van der Waals surface area contributed by atoms with Gasteiger partial charge in [0, 0.05) is 7.05 Å². The summed E-state index contributed by atoms with van der Waals surface area (Å²) in [5.41, 5.74) is 0.307. The minimum atomic E-state index is -1.01. The van der Waals surface area contributed by atoms with Crippen LogP contribution in [-0.2, 0) is 0 Å². The number of hydrogen-bond donors (Lipinski definition) is 3. The highest BCUT2D eigenvalue weighted by atomic mass is 16.5. The van der Waals surface area contributed by atoms with Crippen molar-refractivity contribution in [2.24, 2.45) is 0 Å². The Morgan fingerprint density at radius 3 is 2.78 bits per heavy atom. The zero-order valence-electron chi connectivity index (χ0n) is 10.3. The Bertz CT molecular complexity index is 407. The minimum Gasteiger partial charge on any atom is -0.493 e. The van der Waals surface area contributed by atoms with Crippen molar-refractivity contribution < 1.29 is 24.5 Å². The number of ether oxygens (including phenoxy) is 2. The second kappa shape index (κ2) is 6.83. The Kier molecular flexibility index (Phi) is 5.41. The van der Waals surface area contributed by atoms with Gasteiger partial charge in [-0.2, -0.15) is 0 Å². The van der Waals surface area contributed by atoms with Gasteiger partial charge in [-0.3, -0.25) is 4.79 Å². The van der Waals surface area contributed by atoms with E-state index in [1.165, 1.54) is 14.2 Å². The molecule has 0 bridgehead atoms. The molecular formula is C12H17NO5. The number of aliphatic hydroxyl groups excluding tert-OH is 2. The van der Waals surface area contributed by atoms with Crippen LogP contribution in [0, 0.1) is 0 Å². The highest BCUT2D eigenvalue weighted by Crippen LogP contribution is 2.31. The maximum absolute atomic E-state index is 11.7. The first kappa shape index (κ1) is 14.3. The number of carbonyl (C=O) groups excluding carboxylic acids is 1. The lowest BCUT2D eigenvalue weighted by atomic mass is 10.1. The van der Waals surface area contributed by atoms with E-state index < -0.39 is 12.7 Å². The summed E-state index contributed by atoms with van der Waals surface area (Å²) in [5, 5.41) is 20.5. The highest BCUT2D eigenvalue weighted by Gasteiger charge is 2.17. The summed E-state index contributed by atoms with van der Waals surface area (Å²) in [6.07, 6.45) is -1.01. The third-order valence-electron chi connectivity index (χ3n) is 2.30. The van der Waals surface area contributed by atoms with Crippen LogP contribution in [0.2, 0.25) is 0 Å². The van der Waals surface area contributed by atoms with Gasteiger partial charge in [0.15, 0.2) is 11.5 Å². The first-order chi connectivity index (χ1) is 8.63. The van der Waals surface area contributed by atoms with Gasteiger partial charge in [0.05, 0.1) is 19.3 Å². The predicted octanol–water partition coefficient (Wildman–Crippen LogP) is -0.213. The fourth-order valence-corrected chi connectivity index (χ4v) is 1.37. The monoisotopic (exact) mass is 255 g/mol. The van der Waals surface area contributed by atoms with Crippen LogP contribution >= 0.6 is 0 Å². The van der Waals surface area contributed by atoms with E-state index in [2.05, 4.69) is 5.32 Å². The highest BCUT2D eigenvalue weighted by molar-refractivity contribution is 5.97. The molecule has 0 radical (unpaired) electrons. The second-order valence-electron chi connectivity index (χ2n) is 3.56. The number of amides is 1. The van der Waals surface area contributed by atoms with E-state index in [-0.39, 0.29) is 18.3 Å². The molecule has 1 atom stereocenters. The van der Waals surface area contributed by atoms with Gasteiger partial charge in [-0.25, -0.2) is 0 Å². The van der Waals surface area contributed by atoms with Gasteiger partial charge in [-0.15, -0.1) is 0 Å². The molecule has 3 N–H and O–H groups in total. The van der Waals surface area contributed by atoms with Gasteiger partial charge < -0.3 is 25.0 Å². The molecule has 0 aliphatic rings. The smallest absolute Gasteiger partial charge is 0.254 e. The fraction of sp³-hybridized carbons (Fsp3) is 0.417. The lowest BCUT2D eigenvalue weighted by Crippen LogP contribution is -2.24. The molecular weight excluding hydrogens is 238 g/mol. The van der Waals surface area contributed by atoms with Crippen molar-refractivity contribution in [1.82, 2.24) is 5.32 Å². The molecule has 6 nitrogen and oxygen atoms in total. The molecule has 0 aliphatic heterocycles. The maximum atomic E-state index is 11.7. The molecule has 0 saturated heterocycles. The van der Waals surface area contributed by atoms with Crippen LogP contribution in [0.25, 0.3) is 0 Å². The van der Waals surface area contributed by atoms with Crippen molar-refractivity contribution in [3.8, 4) is 11.5 Å². The van der Waals surface area contributed by atoms with E-state index in [1.807, 2.05) is 0 Å². The Labute approximate surface area is 105 Å². The molecule has 0 spiro atoms. The van der Waals surface area contributed by atoms with Crippen LogP contribution in [0.5, 0.6) is 11.5 Å². The maximum Gasteiger partial charge on any atom is 0.254 e. The van der Waals surface area contributed by atoms with Crippen molar-refractivity contribution in [2.45, 2.75) is 6.10 Å². The molecule has 0 aromatic heterocycles. The van der Waals surface area contributed by atoms with Crippen molar-refractivity contribution in [2.75, 3.05) is 27.4 Å². The third-order valence-corrected chi connectivity index (χ3v) is 2.30. The Hall–Kier alpha value is -1.79. The molecule has 0 heterocycles. The van der Waals surface area contributed by atoms with E-state index >= 15 is 0 Å². The lowest BCUT2D eigenvalue weighted by Gasteiger charge is -2.15. The number of hydrogen-bond acceptors (Lipinski definition) is 5. The first-order valence-electron chi connectivity index (χ1n) is 5.44. The third kappa shape index (κ3) is 3.35. The molecule has 0 saturated carbocycles. The molecule has 6 heteroatoms. The van der Waals surface area contributed by atoms with Gasteiger partial charge in [-0.05, 0) is 12.1 Å². The topological polar surface area (TPSA) is 88.0 Å². The molecule has 0 aliphatic carbocycles. The lowest BCUT2D eigenvalue weighted by molar-refractivity contribution is 0.0522. The van der Waals surface area contributed by atoms with E-state index in [0.29, 0.717) is 11.3 Å². The average Bonchev–Trinajstić information content (AvgIpc) is 2.43. The summed E-state index contributed by atoms with van der Waals surface area (Å²) < 4.78 is 10.4. The number of methoxy groups -OCH3 is 1. The summed E-state index contributed by atoms with van der Waals surface area (Å²) >= 11 is 0. The van der Waals surface area contributed by atoms with Crippen LogP contribution < -0.4 is 14.8 Å². The van der Waals surface area contributed by atoms with E-state index in [1.54, 1.807) is 18.2 Å². The van der Waals surface area contributed by atoms with Gasteiger partial charge in [-0.1, -0.05) is 6.07 Å².